The number of nitrogens with zero attached hydrogens (tertiary/aromatic N) is 3. The van der Waals surface area contributed by atoms with Gasteiger partial charge in [0.15, 0.2) is 0 Å². The van der Waals surface area contributed by atoms with Gasteiger partial charge >= 0.3 is 0 Å². The highest BCUT2D eigenvalue weighted by molar-refractivity contribution is 8.14. The number of hydrogen-bond acceptors (Lipinski definition) is 7. The smallest absolute Gasteiger partial charge is 0.289 e. The Morgan fingerprint density at radius 1 is 1.16 bits per heavy atom. The fraction of sp³-hybridized carbons (Fsp3) is 0.438. The predicted octanol–water partition coefficient (Wildman–Crippen LogP) is 2.43. The number of carbonyl (C=O) groups excluding carboxylic acids is 3. The Kier molecular flexibility index (Phi) is 4.43. The molecule has 1 saturated heterocycles. The van der Waals surface area contributed by atoms with E-state index in [0.29, 0.717) is 11.1 Å². The van der Waals surface area contributed by atoms with Crippen molar-refractivity contribution in [1.29, 1.82) is 0 Å². The number of rotatable bonds is 3. The van der Waals surface area contributed by atoms with E-state index in [1.807, 2.05) is 0 Å². The van der Waals surface area contributed by atoms with E-state index in [1.54, 1.807) is 18.2 Å². The zero-order chi connectivity index (χ0) is 17.4. The molecule has 0 radical (unpaired) electrons. The van der Waals surface area contributed by atoms with Gasteiger partial charge in [0.05, 0.1) is 29.6 Å². The predicted molar refractivity (Wildman–Crippen MR) is 95.6 cm³/mol. The van der Waals surface area contributed by atoms with E-state index in [9.17, 15) is 14.4 Å². The molecule has 7 nitrogen and oxygen atoms in total. The normalized spacial score (nSPS) is 24.1. The molecule has 25 heavy (non-hydrogen) atoms. The topological polar surface area (TPSA) is 92.3 Å². The van der Waals surface area contributed by atoms with E-state index in [4.69, 9.17) is 0 Å². The number of nitrogens with one attached hydrogen (secondary N) is 1. The van der Waals surface area contributed by atoms with Gasteiger partial charge in [0.25, 0.3) is 11.1 Å². The minimum atomic E-state index is -0.252. The fourth-order valence-corrected chi connectivity index (χ4v) is 4.73. The number of carbonyl (C=O) groups is 3. The second-order valence-corrected chi connectivity index (χ2v) is 7.67. The molecule has 1 aromatic heterocycles. The van der Waals surface area contributed by atoms with E-state index >= 15 is 0 Å². The SMILES string of the molecule is O=C(N[C@@H]1CCCC[C@@H]1N1C(=O)CSC1=O)c1ccc2nsnc2c1. The van der Waals surface area contributed by atoms with Crippen LogP contribution in [-0.2, 0) is 4.79 Å². The Bertz CT molecular complexity index is 837. The molecule has 2 aromatic rings. The van der Waals surface area contributed by atoms with Gasteiger partial charge in [-0.3, -0.25) is 19.3 Å². The molecular weight excluding hydrogens is 360 g/mol. The molecule has 2 fully saturated rings. The third-order valence-electron chi connectivity index (χ3n) is 4.68. The van der Waals surface area contributed by atoms with Gasteiger partial charge in [-0.15, -0.1) is 0 Å². The monoisotopic (exact) mass is 376 g/mol. The molecule has 0 spiro atoms. The molecule has 1 N–H and O–H groups in total. The number of imide groups is 1. The average molecular weight is 376 g/mol. The van der Waals surface area contributed by atoms with Crippen molar-refractivity contribution in [3.05, 3.63) is 23.8 Å². The molecule has 0 unspecified atom stereocenters. The molecule has 0 bridgehead atoms. The lowest BCUT2D eigenvalue weighted by molar-refractivity contribution is -0.127. The average Bonchev–Trinajstić information content (AvgIpc) is 3.21. The summed E-state index contributed by atoms with van der Waals surface area (Å²) >= 11 is 2.15. The van der Waals surface area contributed by atoms with Crippen LogP contribution in [0, 0.1) is 0 Å². The molecule has 4 rings (SSSR count). The van der Waals surface area contributed by atoms with Crippen molar-refractivity contribution in [2.45, 2.75) is 37.8 Å². The summed E-state index contributed by atoms with van der Waals surface area (Å²) in [5, 5.41) is 2.82. The number of benzene rings is 1. The first-order valence-electron chi connectivity index (χ1n) is 8.15. The van der Waals surface area contributed by atoms with Gasteiger partial charge in [-0.2, -0.15) is 8.75 Å². The highest BCUT2D eigenvalue weighted by Crippen LogP contribution is 2.30. The van der Waals surface area contributed by atoms with Gasteiger partial charge in [0, 0.05) is 5.56 Å². The summed E-state index contributed by atoms with van der Waals surface area (Å²) in [6.45, 7) is 0. The highest BCUT2D eigenvalue weighted by Gasteiger charge is 2.41. The quantitative estimate of drug-likeness (QED) is 0.884. The van der Waals surface area contributed by atoms with Crippen molar-refractivity contribution in [2.24, 2.45) is 0 Å². The van der Waals surface area contributed by atoms with E-state index in [0.717, 1.165) is 54.7 Å². The molecule has 2 aliphatic rings. The van der Waals surface area contributed by atoms with Gasteiger partial charge in [-0.1, -0.05) is 24.6 Å². The molecule has 2 heterocycles. The first-order valence-corrected chi connectivity index (χ1v) is 9.87. The van der Waals surface area contributed by atoms with Crippen molar-refractivity contribution in [1.82, 2.24) is 19.0 Å². The van der Waals surface area contributed by atoms with Crippen LogP contribution in [0.2, 0.25) is 0 Å². The summed E-state index contributed by atoms with van der Waals surface area (Å²) in [4.78, 5) is 38.1. The van der Waals surface area contributed by atoms with Gasteiger partial charge in [-0.25, -0.2) is 0 Å². The van der Waals surface area contributed by atoms with Crippen LogP contribution in [0.3, 0.4) is 0 Å². The standard InChI is InChI=1S/C16H16N4O3S2/c21-14-8-24-16(23)20(14)13-4-2-1-3-11(13)17-15(22)9-5-6-10-12(7-9)19-25-18-10/h5-7,11,13H,1-4,8H2,(H,17,22)/t11-,13+/m1/s1. The van der Waals surface area contributed by atoms with Crippen molar-refractivity contribution in [3.63, 3.8) is 0 Å². The second kappa shape index (κ2) is 6.72. The van der Waals surface area contributed by atoms with E-state index in [1.165, 1.54) is 4.90 Å². The van der Waals surface area contributed by atoms with Gasteiger partial charge in [0.2, 0.25) is 5.91 Å². The number of aromatic nitrogens is 2. The van der Waals surface area contributed by atoms with Crippen LogP contribution in [0.4, 0.5) is 4.79 Å². The highest BCUT2D eigenvalue weighted by atomic mass is 32.2. The van der Waals surface area contributed by atoms with Crippen LogP contribution in [0.1, 0.15) is 36.0 Å². The van der Waals surface area contributed by atoms with Crippen LogP contribution in [0.25, 0.3) is 11.0 Å². The molecule has 1 aliphatic heterocycles. The van der Waals surface area contributed by atoms with Crippen LogP contribution >= 0.6 is 23.5 Å². The largest absolute Gasteiger partial charge is 0.347 e. The van der Waals surface area contributed by atoms with Gasteiger partial charge < -0.3 is 5.32 Å². The van der Waals surface area contributed by atoms with Crippen LogP contribution in [-0.4, -0.2) is 48.5 Å². The molecule has 2 atom stereocenters. The van der Waals surface area contributed by atoms with E-state index < -0.39 is 0 Å². The third kappa shape index (κ3) is 3.13. The summed E-state index contributed by atoms with van der Waals surface area (Å²) in [6.07, 6.45) is 3.42. The van der Waals surface area contributed by atoms with E-state index in [2.05, 4.69) is 14.1 Å². The van der Waals surface area contributed by atoms with Gasteiger partial charge in [-0.05, 0) is 31.0 Å². The Hall–Kier alpha value is -2.00. The lowest BCUT2D eigenvalue weighted by Gasteiger charge is -2.36. The molecule has 1 saturated carbocycles. The van der Waals surface area contributed by atoms with Crippen molar-refractivity contribution in [3.8, 4) is 0 Å². The molecule has 9 heteroatoms. The number of amides is 3. The summed E-state index contributed by atoms with van der Waals surface area (Å²) in [5.74, 6) is -0.168. The maximum Gasteiger partial charge on any atom is 0.289 e. The lowest BCUT2D eigenvalue weighted by Crippen LogP contribution is -2.54. The number of fused-ring (bicyclic) bond motifs is 1. The molecule has 3 amide bonds. The van der Waals surface area contributed by atoms with Crippen molar-refractivity contribution in [2.75, 3.05) is 5.75 Å². The maximum absolute atomic E-state index is 12.7. The van der Waals surface area contributed by atoms with Crippen LogP contribution in [0.15, 0.2) is 18.2 Å². The minimum Gasteiger partial charge on any atom is -0.347 e. The Morgan fingerprint density at radius 3 is 2.76 bits per heavy atom. The molecule has 1 aliphatic carbocycles. The summed E-state index contributed by atoms with van der Waals surface area (Å²) in [7, 11) is 0. The fourth-order valence-electron chi connectivity index (χ4n) is 3.45. The Morgan fingerprint density at radius 2 is 1.96 bits per heavy atom. The Balaban J connectivity index is 1.53. The maximum atomic E-state index is 12.7. The molecule has 130 valence electrons. The third-order valence-corrected chi connectivity index (χ3v) is 6.07. The van der Waals surface area contributed by atoms with Crippen molar-refractivity contribution < 1.29 is 14.4 Å². The zero-order valence-corrected chi connectivity index (χ0v) is 14.9. The first kappa shape index (κ1) is 16.5. The molecular formula is C16H16N4O3S2. The van der Waals surface area contributed by atoms with E-state index in [-0.39, 0.29) is 34.9 Å². The first-order chi connectivity index (χ1) is 12.1. The summed E-state index contributed by atoms with van der Waals surface area (Å²) in [5.41, 5.74) is 1.97. The Labute approximate surface area is 152 Å². The second-order valence-electron chi connectivity index (χ2n) is 6.22. The number of thioether (sulfide) groups is 1. The molecule has 1 aromatic carbocycles. The minimum absolute atomic E-state index is 0.156. The zero-order valence-electron chi connectivity index (χ0n) is 13.3. The summed E-state index contributed by atoms with van der Waals surface area (Å²) < 4.78 is 8.29. The number of hydrogen-bond donors (Lipinski definition) is 1. The lowest BCUT2D eigenvalue weighted by atomic mass is 9.89. The van der Waals surface area contributed by atoms with Crippen LogP contribution < -0.4 is 5.32 Å². The summed E-state index contributed by atoms with van der Waals surface area (Å²) in [6, 6.07) is 4.75. The van der Waals surface area contributed by atoms with Crippen LogP contribution in [0.5, 0.6) is 0 Å². The van der Waals surface area contributed by atoms with Gasteiger partial charge in [0.1, 0.15) is 11.0 Å². The van der Waals surface area contributed by atoms with Crippen molar-refractivity contribution >= 4 is 51.6 Å².